The number of rotatable bonds is 4. The Kier molecular flexibility index (Phi) is 13.3. The third-order valence-electron chi connectivity index (χ3n) is 6.05. The zero-order valence-corrected chi connectivity index (χ0v) is 23.3. The summed E-state index contributed by atoms with van der Waals surface area (Å²) < 4.78 is 27.5. The minimum Gasteiger partial charge on any atom is -0.400 e. The Morgan fingerprint density at radius 2 is 1.72 bits per heavy atom. The smallest absolute Gasteiger partial charge is 0.259 e. The monoisotopic (exact) mass is 526 g/mol. The number of halogens is 3. The van der Waals surface area contributed by atoms with Crippen LogP contribution in [0.5, 0.6) is 0 Å². The first-order chi connectivity index (χ1) is 17.2. The zero-order valence-electron chi connectivity index (χ0n) is 22.6. The van der Waals surface area contributed by atoms with Crippen molar-refractivity contribution in [3.63, 3.8) is 0 Å². The Morgan fingerprint density at radius 3 is 2.22 bits per heavy atom. The van der Waals surface area contributed by atoms with Crippen molar-refractivity contribution in [2.75, 3.05) is 30.4 Å². The zero-order chi connectivity index (χ0) is 27.5. The third kappa shape index (κ3) is 7.84. The number of carbonyl (C=O) groups is 1. The lowest BCUT2D eigenvalue weighted by atomic mass is 9.82. The molecular weight excluding hydrogens is 486 g/mol. The standard InChI is InChI=1S/C22H25ClF2N4O.2C2H6.CH4O/c1-13-12-16(6-9-26-13)27-21(30)17-14(2)18(23)19(15-4-3-5-15)28-20(17)29-10-7-22(24,25)8-11-29;3*1-2/h6,9,12,15H,3-5,7-8,10-11H2,1-2H3,(H,26,27,30);2*1-2H3;2H,1H3. The highest BCUT2D eigenvalue weighted by molar-refractivity contribution is 6.33. The summed E-state index contributed by atoms with van der Waals surface area (Å²) in [6, 6.07) is 3.48. The molecule has 2 aromatic heterocycles. The van der Waals surface area contributed by atoms with Gasteiger partial charge in [0, 0.05) is 56.5 Å². The van der Waals surface area contributed by atoms with Gasteiger partial charge < -0.3 is 15.3 Å². The van der Waals surface area contributed by atoms with Crippen molar-refractivity contribution in [2.24, 2.45) is 0 Å². The van der Waals surface area contributed by atoms with Gasteiger partial charge in [-0.2, -0.15) is 0 Å². The second-order valence-electron chi connectivity index (χ2n) is 8.25. The fraction of sp³-hybridized carbons (Fsp3) is 0.593. The van der Waals surface area contributed by atoms with Gasteiger partial charge in [-0.3, -0.25) is 9.78 Å². The minimum absolute atomic E-state index is 0.153. The Balaban J connectivity index is 0.00000101. The van der Waals surface area contributed by atoms with Crippen molar-refractivity contribution in [1.29, 1.82) is 0 Å². The average Bonchev–Trinajstić information content (AvgIpc) is 2.84. The maximum atomic E-state index is 13.7. The van der Waals surface area contributed by atoms with Gasteiger partial charge in [0.15, 0.2) is 0 Å². The number of anilines is 2. The molecular formula is C27H41ClF2N4O2. The molecule has 1 saturated carbocycles. The first-order valence-corrected chi connectivity index (χ1v) is 13.1. The van der Waals surface area contributed by atoms with Crippen LogP contribution in [-0.2, 0) is 0 Å². The molecule has 3 heterocycles. The fourth-order valence-corrected chi connectivity index (χ4v) is 4.30. The number of pyridine rings is 2. The molecule has 1 amide bonds. The number of amides is 1. The van der Waals surface area contributed by atoms with Gasteiger partial charge in [0.1, 0.15) is 5.82 Å². The van der Waals surface area contributed by atoms with E-state index in [1.807, 2.05) is 34.6 Å². The predicted octanol–water partition coefficient (Wildman–Crippen LogP) is 7.16. The van der Waals surface area contributed by atoms with Crippen molar-refractivity contribution in [2.45, 2.75) is 85.5 Å². The van der Waals surface area contributed by atoms with E-state index in [1.54, 1.807) is 30.2 Å². The lowest BCUT2D eigenvalue weighted by Crippen LogP contribution is -2.41. The third-order valence-corrected chi connectivity index (χ3v) is 6.52. The summed E-state index contributed by atoms with van der Waals surface area (Å²) in [5, 5.41) is 10.4. The molecule has 4 rings (SSSR count). The maximum Gasteiger partial charge on any atom is 0.259 e. The lowest BCUT2D eigenvalue weighted by molar-refractivity contribution is -0.0221. The largest absolute Gasteiger partial charge is 0.400 e. The van der Waals surface area contributed by atoms with Gasteiger partial charge in [0.25, 0.3) is 11.8 Å². The maximum absolute atomic E-state index is 13.7. The molecule has 2 fully saturated rings. The van der Waals surface area contributed by atoms with Crippen LogP contribution in [0.2, 0.25) is 5.02 Å². The highest BCUT2D eigenvalue weighted by Gasteiger charge is 2.37. The van der Waals surface area contributed by atoms with E-state index in [2.05, 4.69) is 10.3 Å². The molecule has 0 radical (unpaired) electrons. The van der Waals surface area contributed by atoms with Gasteiger partial charge in [-0.1, -0.05) is 45.7 Å². The molecule has 202 valence electrons. The number of piperidine rings is 1. The van der Waals surface area contributed by atoms with Crippen LogP contribution in [-0.4, -0.2) is 47.1 Å². The van der Waals surface area contributed by atoms with Crippen LogP contribution in [0.25, 0.3) is 0 Å². The fourth-order valence-electron chi connectivity index (χ4n) is 4.00. The second kappa shape index (κ2) is 15.1. The summed E-state index contributed by atoms with van der Waals surface area (Å²) in [7, 11) is 1.00. The predicted molar refractivity (Wildman–Crippen MR) is 145 cm³/mol. The van der Waals surface area contributed by atoms with Crippen molar-refractivity contribution in [1.82, 2.24) is 9.97 Å². The Hall–Kier alpha value is -2.32. The Labute approximate surface area is 219 Å². The van der Waals surface area contributed by atoms with Crippen LogP contribution in [0.1, 0.15) is 93.0 Å². The first kappa shape index (κ1) is 31.7. The first-order valence-electron chi connectivity index (χ1n) is 12.8. The number of carbonyl (C=O) groups excluding carboxylic acids is 1. The van der Waals surface area contributed by atoms with Gasteiger partial charge in [0.2, 0.25) is 0 Å². The molecule has 1 aliphatic heterocycles. The number of aromatic nitrogens is 2. The number of aliphatic hydroxyl groups excluding tert-OH is 1. The van der Waals surface area contributed by atoms with Crippen LogP contribution >= 0.6 is 11.6 Å². The van der Waals surface area contributed by atoms with Gasteiger partial charge >= 0.3 is 0 Å². The van der Waals surface area contributed by atoms with Crippen molar-refractivity contribution < 1.29 is 18.7 Å². The number of hydrogen-bond donors (Lipinski definition) is 2. The van der Waals surface area contributed by atoms with E-state index >= 15 is 0 Å². The molecule has 0 bridgehead atoms. The summed E-state index contributed by atoms with van der Waals surface area (Å²) in [4.78, 5) is 24.0. The van der Waals surface area contributed by atoms with Crippen LogP contribution < -0.4 is 10.2 Å². The van der Waals surface area contributed by atoms with Crippen LogP contribution in [0.15, 0.2) is 18.3 Å². The SMILES string of the molecule is CC.CC.CO.Cc1cc(NC(=O)c2c(N3CCC(F)(F)CC3)nc(C3CCC3)c(Cl)c2C)ccn1. The van der Waals surface area contributed by atoms with E-state index in [0.29, 0.717) is 27.7 Å². The molecule has 1 saturated heterocycles. The summed E-state index contributed by atoms with van der Waals surface area (Å²) >= 11 is 6.64. The second-order valence-corrected chi connectivity index (χ2v) is 8.62. The van der Waals surface area contributed by atoms with E-state index in [0.717, 1.165) is 37.8 Å². The molecule has 2 aromatic rings. The summed E-state index contributed by atoms with van der Waals surface area (Å²) in [6.45, 7) is 12.0. The number of hydrogen-bond acceptors (Lipinski definition) is 5. The number of nitrogens with zero attached hydrogens (tertiary/aromatic N) is 3. The van der Waals surface area contributed by atoms with Gasteiger partial charge in [-0.15, -0.1) is 0 Å². The minimum atomic E-state index is -2.67. The molecule has 0 spiro atoms. The molecule has 0 unspecified atom stereocenters. The molecule has 0 aromatic carbocycles. The number of aryl methyl sites for hydroxylation is 1. The van der Waals surface area contributed by atoms with Crippen molar-refractivity contribution >= 4 is 29.0 Å². The van der Waals surface area contributed by atoms with E-state index in [1.165, 1.54) is 0 Å². The Morgan fingerprint density at radius 1 is 1.14 bits per heavy atom. The molecule has 2 N–H and O–H groups in total. The number of aliphatic hydroxyl groups is 1. The summed E-state index contributed by atoms with van der Waals surface area (Å²) in [6.07, 6.45) is 4.25. The number of nitrogens with one attached hydrogen (secondary N) is 1. The van der Waals surface area contributed by atoms with Gasteiger partial charge in [-0.25, -0.2) is 13.8 Å². The molecule has 0 atom stereocenters. The van der Waals surface area contributed by atoms with Crippen LogP contribution in [0, 0.1) is 13.8 Å². The molecule has 6 nitrogen and oxygen atoms in total. The van der Waals surface area contributed by atoms with Crippen molar-refractivity contribution in [3.8, 4) is 0 Å². The molecule has 36 heavy (non-hydrogen) atoms. The normalized spacial score (nSPS) is 16.1. The Bertz CT molecular complexity index is 974. The van der Waals surface area contributed by atoms with E-state index in [9.17, 15) is 13.6 Å². The highest BCUT2D eigenvalue weighted by atomic mass is 35.5. The number of alkyl halides is 2. The average molecular weight is 527 g/mol. The highest BCUT2D eigenvalue weighted by Crippen LogP contribution is 2.43. The molecule has 9 heteroatoms. The van der Waals surface area contributed by atoms with Crippen LogP contribution in [0.4, 0.5) is 20.3 Å². The molecule has 1 aliphatic carbocycles. The lowest BCUT2D eigenvalue weighted by Gasteiger charge is -2.35. The van der Waals surface area contributed by atoms with E-state index in [-0.39, 0.29) is 37.8 Å². The van der Waals surface area contributed by atoms with Gasteiger partial charge in [-0.05, 0) is 44.4 Å². The summed E-state index contributed by atoms with van der Waals surface area (Å²) in [5.74, 6) is -2.30. The van der Waals surface area contributed by atoms with Gasteiger partial charge in [0.05, 0.1) is 16.3 Å². The van der Waals surface area contributed by atoms with Crippen LogP contribution in [0.3, 0.4) is 0 Å². The topological polar surface area (TPSA) is 78.4 Å². The van der Waals surface area contributed by atoms with Crippen molar-refractivity contribution in [3.05, 3.63) is 45.9 Å². The van der Waals surface area contributed by atoms with E-state index in [4.69, 9.17) is 21.7 Å². The summed E-state index contributed by atoms with van der Waals surface area (Å²) in [5.41, 5.74) is 3.16. The molecule has 2 aliphatic rings. The quantitative estimate of drug-likeness (QED) is 0.441. The van der Waals surface area contributed by atoms with E-state index < -0.39 is 5.92 Å².